The van der Waals surface area contributed by atoms with Crippen molar-refractivity contribution in [3.63, 3.8) is 0 Å². The molecule has 1 N–H and O–H groups in total. The second kappa shape index (κ2) is 6.19. The van der Waals surface area contributed by atoms with Gasteiger partial charge in [0.15, 0.2) is 0 Å². The maximum Gasteiger partial charge on any atom is 0.00938 e. The number of likely N-dealkylation sites (tertiary alicyclic amines) is 1. The smallest absolute Gasteiger partial charge is 0.00938 e. The van der Waals surface area contributed by atoms with E-state index in [-0.39, 0.29) is 0 Å². The zero-order valence-corrected chi connectivity index (χ0v) is 11.9. The number of hydrogen-bond acceptors (Lipinski definition) is 2. The summed E-state index contributed by atoms with van der Waals surface area (Å²) in [5.41, 5.74) is 0. The number of piperidine rings is 1. The number of nitrogens with zero attached hydrogens (tertiary/aromatic N) is 1. The first-order valence-corrected chi connectivity index (χ1v) is 7.65. The fraction of sp³-hybridized carbons (Fsp3) is 1.00. The molecule has 0 aromatic rings. The van der Waals surface area contributed by atoms with Crippen LogP contribution in [0, 0.1) is 5.92 Å². The van der Waals surface area contributed by atoms with Crippen LogP contribution in [0.25, 0.3) is 0 Å². The maximum atomic E-state index is 3.85. The van der Waals surface area contributed by atoms with Gasteiger partial charge in [0.2, 0.25) is 0 Å². The molecule has 2 fully saturated rings. The van der Waals surface area contributed by atoms with Crippen LogP contribution in [0.1, 0.15) is 59.3 Å². The van der Waals surface area contributed by atoms with Crippen LogP contribution in [0.2, 0.25) is 0 Å². The van der Waals surface area contributed by atoms with Crippen LogP contribution in [0.15, 0.2) is 0 Å². The molecule has 17 heavy (non-hydrogen) atoms. The fourth-order valence-electron chi connectivity index (χ4n) is 3.28. The van der Waals surface area contributed by atoms with Crippen LogP contribution in [-0.4, -0.2) is 36.1 Å². The molecule has 0 aromatic heterocycles. The van der Waals surface area contributed by atoms with Gasteiger partial charge >= 0.3 is 0 Å². The lowest BCUT2D eigenvalue weighted by Crippen LogP contribution is -2.47. The molecule has 2 rings (SSSR count). The van der Waals surface area contributed by atoms with Crippen molar-refractivity contribution < 1.29 is 0 Å². The molecule has 1 aliphatic carbocycles. The van der Waals surface area contributed by atoms with E-state index in [1.807, 2.05) is 0 Å². The molecule has 100 valence electrons. The Morgan fingerprint density at radius 3 is 2.18 bits per heavy atom. The number of nitrogens with one attached hydrogen (secondary N) is 1. The van der Waals surface area contributed by atoms with Crippen LogP contribution in [0.4, 0.5) is 0 Å². The van der Waals surface area contributed by atoms with Crippen molar-refractivity contribution >= 4 is 0 Å². The van der Waals surface area contributed by atoms with Gasteiger partial charge in [-0.3, -0.25) is 0 Å². The summed E-state index contributed by atoms with van der Waals surface area (Å²) < 4.78 is 0. The Balaban J connectivity index is 1.63. The van der Waals surface area contributed by atoms with Crippen LogP contribution in [0.5, 0.6) is 0 Å². The molecule has 1 atom stereocenters. The predicted octanol–water partition coefficient (Wildman–Crippen LogP) is 3.03. The van der Waals surface area contributed by atoms with Gasteiger partial charge in [0.25, 0.3) is 0 Å². The molecule has 1 saturated heterocycles. The van der Waals surface area contributed by atoms with Gasteiger partial charge in [-0.05, 0) is 59.0 Å². The molecule has 0 amide bonds. The largest absolute Gasteiger partial charge is 0.311 e. The van der Waals surface area contributed by atoms with E-state index in [0.29, 0.717) is 0 Å². The Hall–Kier alpha value is -0.0800. The van der Waals surface area contributed by atoms with E-state index < -0.39 is 0 Å². The molecule has 1 heterocycles. The lowest BCUT2D eigenvalue weighted by atomic mass is 9.81. The standard InChI is InChI=1S/C15H30N2/c1-12(2)17-9-7-15(8-10-17)16-13(3)11-14-5-4-6-14/h12-16H,4-11H2,1-3H3. The maximum absolute atomic E-state index is 3.85. The average Bonchev–Trinajstić information content (AvgIpc) is 2.24. The van der Waals surface area contributed by atoms with Gasteiger partial charge in [-0.15, -0.1) is 0 Å². The normalized spacial score (nSPS) is 26.1. The molecular formula is C15H30N2. The Labute approximate surface area is 107 Å². The molecule has 2 heteroatoms. The lowest BCUT2D eigenvalue weighted by molar-refractivity contribution is 0.152. The topological polar surface area (TPSA) is 15.3 Å². The number of rotatable bonds is 5. The highest BCUT2D eigenvalue weighted by Gasteiger charge is 2.24. The zero-order chi connectivity index (χ0) is 12.3. The van der Waals surface area contributed by atoms with Crippen LogP contribution < -0.4 is 5.32 Å². The van der Waals surface area contributed by atoms with Crippen molar-refractivity contribution in [3.8, 4) is 0 Å². The highest BCUT2D eigenvalue weighted by molar-refractivity contribution is 4.82. The van der Waals surface area contributed by atoms with E-state index >= 15 is 0 Å². The van der Waals surface area contributed by atoms with E-state index in [0.717, 1.165) is 24.0 Å². The monoisotopic (exact) mass is 238 g/mol. The van der Waals surface area contributed by atoms with Crippen molar-refractivity contribution in [3.05, 3.63) is 0 Å². The van der Waals surface area contributed by atoms with Crippen LogP contribution >= 0.6 is 0 Å². The SMILES string of the molecule is CC(CC1CCC1)NC1CCN(C(C)C)CC1. The Bertz CT molecular complexity index is 215. The Kier molecular flexibility index (Phi) is 4.87. The van der Waals surface area contributed by atoms with Gasteiger partial charge in [0, 0.05) is 18.1 Å². The summed E-state index contributed by atoms with van der Waals surface area (Å²) in [6.07, 6.45) is 8.53. The molecule has 2 nitrogen and oxygen atoms in total. The van der Waals surface area contributed by atoms with Gasteiger partial charge < -0.3 is 10.2 Å². The molecule has 1 saturated carbocycles. The summed E-state index contributed by atoms with van der Waals surface area (Å²) in [5, 5.41) is 3.85. The molecule has 1 aliphatic heterocycles. The third-order valence-corrected chi connectivity index (χ3v) is 4.69. The Morgan fingerprint density at radius 2 is 1.71 bits per heavy atom. The summed E-state index contributed by atoms with van der Waals surface area (Å²) in [5.74, 6) is 1.04. The van der Waals surface area contributed by atoms with Crippen molar-refractivity contribution in [2.45, 2.75) is 77.4 Å². The molecule has 1 unspecified atom stereocenters. The molecule has 0 radical (unpaired) electrons. The highest BCUT2D eigenvalue weighted by Crippen LogP contribution is 2.30. The molecule has 0 spiro atoms. The van der Waals surface area contributed by atoms with E-state index in [9.17, 15) is 0 Å². The van der Waals surface area contributed by atoms with Gasteiger partial charge in [-0.1, -0.05) is 19.3 Å². The predicted molar refractivity (Wildman–Crippen MR) is 74.3 cm³/mol. The summed E-state index contributed by atoms with van der Waals surface area (Å²) in [6, 6.07) is 2.24. The summed E-state index contributed by atoms with van der Waals surface area (Å²) in [4.78, 5) is 2.61. The third-order valence-electron chi connectivity index (χ3n) is 4.69. The second-order valence-corrected chi connectivity index (χ2v) is 6.50. The fourth-order valence-corrected chi connectivity index (χ4v) is 3.28. The van der Waals surface area contributed by atoms with E-state index in [2.05, 4.69) is 31.0 Å². The first kappa shape index (κ1) is 13.4. The number of hydrogen-bond donors (Lipinski definition) is 1. The molecular weight excluding hydrogens is 208 g/mol. The van der Waals surface area contributed by atoms with Crippen LogP contribution in [-0.2, 0) is 0 Å². The van der Waals surface area contributed by atoms with Crippen molar-refractivity contribution in [2.24, 2.45) is 5.92 Å². The summed E-state index contributed by atoms with van der Waals surface area (Å²) in [7, 11) is 0. The zero-order valence-electron chi connectivity index (χ0n) is 11.9. The van der Waals surface area contributed by atoms with Crippen LogP contribution in [0.3, 0.4) is 0 Å². The summed E-state index contributed by atoms with van der Waals surface area (Å²) >= 11 is 0. The molecule has 0 bridgehead atoms. The van der Waals surface area contributed by atoms with Gasteiger partial charge in [-0.2, -0.15) is 0 Å². The van der Waals surface area contributed by atoms with Crippen molar-refractivity contribution in [1.82, 2.24) is 10.2 Å². The molecule has 2 aliphatic rings. The minimum atomic E-state index is 0.725. The van der Waals surface area contributed by atoms with Gasteiger partial charge in [0.1, 0.15) is 0 Å². The first-order chi connectivity index (χ1) is 8.15. The van der Waals surface area contributed by atoms with Gasteiger partial charge in [0.05, 0.1) is 0 Å². The van der Waals surface area contributed by atoms with E-state index in [1.54, 1.807) is 0 Å². The third kappa shape index (κ3) is 3.96. The van der Waals surface area contributed by atoms with Crippen molar-refractivity contribution in [1.29, 1.82) is 0 Å². The summed E-state index contributed by atoms with van der Waals surface area (Å²) in [6.45, 7) is 9.57. The first-order valence-electron chi connectivity index (χ1n) is 7.65. The average molecular weight is 238 g/mol. The van der Waals surface area contributed by atoms with E-state index in [1.165, 1.54) is 51.6 Å². The van der Waals surface area contributed by atoms with E-state index in [4.69, 9.17) is 0 Å². The minimum Gasteiger partial charge on any atom is -0.311 e. The minimum absolute atomic E-state index is 0.725. The van der Waals surface area contributed by atoms with Crippen molar-refractivity contribution in [2.75, 3.05) is 13.1 Å². The van der Waals surface area contributed by atoms with Gasteiger partial charge in [-0.25, -0.2) is 0 Å². The molecule has 0 aromatic carbocycles. The Morgan fingerprint density at radius 1 is 1.06 bits per heavy atom. The lowest BCUT2D eigenvalue weighted by Gasteiger charge is -2.37. The quantitative estimate of drug-likeness (QED) is 0.792. The highest BCUT2D eigenvalue weighted by atomic mass is 15.2. The second-order valence-electron chi connectivity index (χ2n) is 6.50.